The lowest BCUT2D eigenvalue weighted by molar-refractivity contribution is -0.122. The number of amides is 1. The van der Waals surface area contributed by atoms with Crippen LogP contribution in [-0.2, 0) is 14.9 Å². The van der Waals surface area contributed by atoms with E-state index in [1.165, 1.54) is 12.1 Å². The Labute approximate surface area is 170 Å². The molecule has 0 atom stereocenters. The first-order valence-electron chi connectivity index (χ1n) is 9.54. The number of hydrogen-bond donors (Lipinski definition) is 1. The van der Waals surface area contributed by atoms with Gasteiger partial charge in [-0.25, -0.2) is 4.39 Å². The average Bonchev–Trinajstić information content (AvgIpc) is 2.71. The molecule has 0 unspecified atom stereocenters. The standard InChI is InChI=1S/C22H25ClFNO3/c1-27-13-14-28-20-10-9-18(15-19(20)23)25-21(26)22(11-3-2-4-12-22)16-5-7-17(24)8-6-16/h5-10,15H,2-4,11-14H2,1H3,(H,25,26). The molecule has 1 saturated carbocycles. The Morgan fingerprint density at radius 2 is 1.82 bits per heavy atom. The van der Waals surface area contributed by atoms with Gasteiger partial charge >= 0.3 is 0 Å². The van der Waals surface area contributed by atoms with Crippen LogP contribution in [0.4, 0.5) is 10.1 Å². The first-order chi connectivity index (χ1) is 13.5. The molecule has 28 heavy (non-hydrogen) atoms. The van der Waals surface area contributed by atoms with Crippen molar-refractivity contribution in [3.05, 3.63) is 58.9 Å². The Bertz CT molecular complexity index is 804. The summed E-state index contributed by atoms with van der Waals surface area (Å²) in [5.41, 5.74) is 0.823. The number of nitrogens with one attached hydrogen (secondary N) is 1. The highest BCUT2D eigenvalue weighted by molar-refractivity contribution is 6.32. The van der Waals surface area contributed by atoms with Crippen LogP contribution < -0.4 is 10.1 Å². The third-order valence-electron chi connectivity index (χ3n) is 5.27. The molecular weight excluding hydrogens is 381 g/mol. The van der Waals surface area contributed by atoms with Gasteiger partial charge in [-0.3, -0.25) is 4.79 Å². The van der Waals surface area contributed by atoms with Gasteiger partial charge in [0.2, 0.25) is 5.91 Å². The largest absolute Gasteiger partial charge is 0.490 e. The number of carbonyl (C=O) groups excluding carboxylic acids is 1. The number of carbonyl (C=O) groups is 1. The number of methoxy groups -OCH3 is 1. The number of hydrogen-bond acceptors (Lipinski definition) is 3. The minimum atomic E-state index is -0.647. The van der Waals surface area contributed by atoms with E-state index in [0.29, 0.717) is 29.7 Å². The predicted molar refractivity (Wildman–Crippen MR) is 109 cm³/mol. The molecule has 1 aliphatic carbocycles. The molecule has 3 rings (SSSR count). The van der Waals surface area contributed by atoms with E-state index in [-0.39, 0.29) is 11.7 Å². The fourth-order valence-electron chi connectivity index (χ4n) is 3.75. The number of anilines is 1. The summed E-state index contributed by atoms with van der Waals surface area (Å²) in [7, 11) is 1.60. The Morgan fingerprint density at radius 3 is 2.46 bits per heavy atom. The molecule has 0 heterocycles. The van der Waals surface area contributed by atoms with Crippen LogP contribution in [0, 0.1) is 5.82 Å². The lowest BCUT2D eigenvalue weighted by Crippen LogP contribution is -2.42. The number of rotatable bonds is 7. The second kappa shape index (κ2) is 9.39. The van der Waals surface area contributed by atoms with E-state index in [1.54, 1.807) is 37.4 Å². The molecule has 0 radical (unpaired) electrons. The Kier molecular flexibility index (Phi) is 6.92. The van der Waals surface area contributed by atoms with Gasteiger partial charge < -0.3 is 14.8 Å². The third-order valence-corrected chi connectivity index (χ3v) is 5.57. The fraction of sp³-hybridized carbons (Fsp3) is 0.409. The van der Waals surface area contributed by atoms with Crippen LogP contribution >= 0.6 is 11.6 Å². The zero-order valence-corrected chi connectivity index (χ0v) is 16.7. The first-order valence-corrected chi connectivity index (χ1v) is 9.92. The van der Waals surface area contributed by atoms with Gasteiger partial charge in [0.1, 0.15) is 18.2 Å². The highest BCUT2D eigenvalue weighted by Crippen LogP contribution is 2.41. The van der Waals surface area contributed by atoms with E-state index in [0.717, 1.165) is 37.7 Å². The molecule has 150 valence electrons. The third kappa shape index (κ3) is 4.65. The Hall–Kier alpha value is -2.11. The van der Waals surface area contributed by atoms with Gasteiger partial charge in [-0.1, -0.05) is 43.0 Å². The summed E-state index contributed by atoms with van der Waals surface area (Å²) in [5, 5.41) is 3.43. The van der Waals surface area contributed by atoms with Gasteiger partial charge in [0.25, 0.3) is 0 Å². The lowest BCUT2D eigenvalue weighted by atomic mass is 9.68. The van der Waals surface area contributed by atoms with Gasteiger partial charge in [0.05, 0.1) is 17.0 Å². The van der Waals surface area contributed by atoms with Crippen molar-refractivity contribution < 1.29 is 18.7 Å². The van der Waals surface area contributed by atoms with Crippen molar-refractivity contribution in [3.63, 3.8) is 0 Å². The van der Waals surface area contributed by atoms with E-state index < -0.39 is 5.41 Å². The van der Waals surface area contributed by atoms with Gasteiger partial charge in [0.15, 0.2) is 0 Å². The maximum absolute atomic E-state index is 13.4. The molecule has 1 N–H and O–H groups in total. The lowest BCUT2D eigenvalue weighted by Gasteiger charge is -2.36. The van der Waals surface area contributed by atoms with E-state index in [1.807, 2.05) is 0 Å². The maximum atomic E-state index is 13.4. The summed E-state index contributed by atoms with van der Waals surface area (Å²) in [6.07, 6.45) is 4.54. The molecule has 0 saturated heterocycles. The van der Waals surface area contributed by atoms with Crippen molar-refractivity contribution >= 4 is 23.2 Å². The van der Waals surface area contributed by atoms with Crippen LogP contribution in [0.5, 0.6) is 5.75 Å². The zero-order valence-electron chi connectivity index (χ0n) is 16.0. The smallest absolute Gasteiger partial charge is 0.235 e. The number of ether oxygens (including phenoxy) is 2. The first kappa shape index (κ1) is 20.6. The molecule has 1 amide bonds. The molecule has 4 nitrogen and oxygen atoms in total. The summed E-state index contributed by atoms with van der Waals surface area (Å²) >= 11 is 6.29. The number of halogens is 2. The quantitative estimate of drug-likeness (QED) is 0.632. The van der Waals surface area contributed by atoms with E-state index in [9.17, 15) is 9.18 Å². The van der Waals surface area contributed by atoms with Crippen LogP contribution in [0.1, 0.15) is 37.7 Å². The molecule has 0 spiro atoms. The van der Waals surface area contributed by atoms with Gasteiger partial charge in [-0.05, 0) is 48.7 Å². The van der Waals surface area contributed by atoms with Crippen LogP contribution in [-0.4, -0.2) is 26.2 Å². The second-order valence-corrected chi connectivity index (χ2v) is 7.50. The topological polar surface area (TPSA) is 47.6 Å². The minimum absolute atomic E-state index is 0.0806. The summed E-state index contributed by atoms with van der Waals surface area (Å²) in [4.78, 5) is 13.3. The van der Waals surface area contributed by atoms with Crippen LogP contribution in [0.2, 0.25) is 5.02 Å². The predicted octanol–water partition coefficient (Wildman–Crippen LogP) is 5.34. The second-order valence-electron chi connectivity index (χ2n) is 7.09. The molecule has 6 heteroatoms. The molecule has 0 aromatic heterocycles. The fourth-order valence-corrected chi connectivity index (χ4v) is 3.99. The van der Waals surface area contributed by atoms with Crippen molar-refractivity contribution in [1.29, 1.82) is 0 Å². The van der Waals surface area contributed by atoms with E-state index in [4.69, 9.17) is 21.1 Å². The van der Waals surface area contributed by atoms with Crippen molar-refractivity contribution in [2.75, 3.05) is 25.6 Å². The monoisotopic (exact) mass is 405 g/mol. The summed E-state index contributed by atoms with van der Waals surface area (Å²) in [5.74, 6) is 0.163. The van der Waals surface area contributed by atoms with Gasteiger partial charge in [-0.15, -0.1) is 0 Å². The maximum Gasteiger partial charge on any atom is 0.235 e. The molecular formula is C22H25ClFNO3. The van der Waals surface area contributed by atoms with Crippen LogP contribution in [0.15, 0.2) is 42.5 Å². The molecule has 1 fully saturated rings. The molecule has 1 aliphatic rings. The van der Waals surface area contributed by atoms with Gasteiger partial charge in [0, 0.05) is 12.8 Å². The van der Waals surface area contributed by atoms with Crippen molar-refractivity contribution in [3.8, 4) is 5.75 Å². The summed E-state index contributed by atoms with van der Waals surface area (Å²) in [6.45, 7) is 0.866. The summed E-state index contributed by atoms with van der Waals surface area (Å²) < 4.78 is 23.9. The Morgan fingerprint density at radius 1 is 1.11 bits per heavy atom. The Balaban J connectivity index is 1.79. The highest BCUT2D eigenvalue weighted by Gasteiger charge is 2.41. The van der Waals surface area contributed by atoms with Crippen molar-refractivity contribution in [1.82, 2.24) is 0 Å². The molecule has 2 aromatic carbocycles. The number of benzene rings is 2. The van der Waals surface area contributed by atoms with Crippen LogP contribution in [0.25, 0.3) is 0 Å². The molecule has 2 aromatic rings. The van der Waals surface area contributed by atoms with E-state index >= 15 is 0 Å². The van der Waals surface area contributed by atoms with Crippen LogP contribution in [0.3, 0.4) is 0 Å². The van der Waals surface area contributed by atoms with E-state index in [2.05, 4.69) is 5.32 Å². The minimum Gasteiger partial charge on any atom is -0.490 e. The molecule has 0 bridgehead atoms. The highest BCUT2D eigenvalue weighted by atomic mass is 35.5. The zero-order chi connectivity index (χ0) is 20.0. The van der Waals surface area contributed by atoms with Crippen molar-refractivity contribution in [2.45, 2.75) is 37.5 Å². The van der Waals surface area contributed by atoms with Gasteiger partial charge in [-0.2, -0.15) is 0 Å². The molecule has 0 aliphatic heterocycles. The average molecular weight is 406 g/mol. The SMILES string of the molecule is COCCOc1ccc(NC(=O)C2(c3ccc(F)cc3)CCCCC2)cc1Cl. The van der Waals surface area contributed by atoms with Crippen molar-refractivity contribution in [2.24, 2.45) is 0 Å². The summed E-state index contributed by atoms with van der Waals surface area (Å²) in [6, 6.07) is 11.5. The normalized spacial score (nSPS) is 15.8.